The highest BCUT2D eigenvalue weighted by Crippen LogP contribution is 2.36. The predicted octanol–water partition coefficient (Wildman–Crippen LogP) is 6.67. The van der Waals surface area contributed by atoms with Crippen molar-refractivity contribution in [1.82, 2.24) is 0 Å². The fourth-order valence-corrected chi connectivity index (χ4v) is 4.76. The van der Waals surface area contributed by atoms with E-state index < -0.39 is 11.6 Å². The van der Waals surface area contributed by atoms with Crippen LogP contribution in [0.4, 0.5) is 8.78 Å². The number of benzene rings is 1. The monoisotopic (exact) mass is 387 g/mol. The van der Waals surface area contributed by atoms with Gasteiger partial charge in [-0.3, -0.25) is 0 Å². The fraction of sp³-hybridized carbons (Fsp3) is 0.625. The van der Waals surface area contributed by atoms with E-state index in [-0.39, 0.29) is 0 Å². The molecule has 3 rings (SSSR count). The Labute approximate surface area is 167 Å². The number of rotatable bonds is 7. The van der Waals surface area contributed by atoms with Crippen LogP contribution in [0.2, 0.25) is 0 Å². The second-order valence-corrected chi connectivity index (χ2v) is 8.48. The number of halogens is 2. The maximum absolute atomic E-state index is 13.5. The second kappa shape index (κ2) is 10.7. The van der Waals surface area contributed by atoms with E-state index in [1.165, 1.54) is 44.2 Å². The van der Waals surface area contributed by atoms with Gasteiger partial charge >= 0.3 is 0 Å². The van der Waals surface area contributed by atoms with Gasteiger partial charge in [0.05, 0.1) is 12.2 Å². The summed E-state index contributed by atoms with van der Waals surface area (Å²) in [5.74, 6) is 0.281. The van der Waals surface area contributed by atoms with Crippen molar-refractivity contribution in [2.75, 3.05) is 6.61 Å². The molecule has 2 saturated carbocycles. The first kappa shape index (κ1) is 21.0. The molecule has 0 bridgehead atoms. The molecule has 0 aliphatic heterocycles. The highest BCUT2D eigenvalue weighted by Gasteiger charge is 2.26. The van der Waals surface area contributed by atoms with E-state index in [0.29, 0.717) is 17.9 Å². The average Bonchev–Trinajstić information content (AvgIpc) is 2.73. The standard InChI is InChI=1S/C24H31F2NO/c25-23-14-11-21(16-24(23)26)20-9-12-22(13-10-20)28-17-19-7-5-18(6-8-19)4-2-1-3-15-27/h1,3,11,14,16,18-20,22H,2,4-10,12-13,17H2. The molecule has 0 heterocycles. The lowest BCUT2D eigenvalue weighted by molar-refractivity contribution is -0.00476. The Hall–Kier alpha value is -1.73. The molecule has 28 heavy (non-hydrogen) atoms. The molecule has 0 aromatic heterocycles. The maximum Gasteiger partial charge on any atom is 0.159 e. The molecule has 2 fully saturated rings. The zero-order chi connectivity index (χ0) is 19.8. The van der Waals surface area contributed by atoms with E-state index in [1.807, 2.05) is 12.1 Å². The second-order valence-electron chi connectivity index (χ2n) is 8.48. The fourth-order valence-electron chi connectivity index (χ4n) is 4.76. The minimum Gasteiger partial charge on any atom is -0.378 e. The molecule has 0 unspecified atom stereocenters. The normalized spacial score (nSPS) is 28.3. The lowest BCUT2D eigenvalue weighted by Gasteiger charge is -2.32. The summed E-state index contributed by atoms with van der Waals surface area (Å²) < 4.78 is 32.8. The Morgan fingerprint density at radius 3 is 2.36 bits per heavy atom. The van der Waals surface area contributed by atoms with Gasteiger partial charge in [-0.05, 0) is 86.8 Å². The minimum absolute atomic E-state index is 0.315. The van der Waals surface area contributed by atoms with Crippen molar-refractivity contribution in [1.29, 1.82) is 5.26 Å². The van der Waals surface area contributed by atoms with Crippen molar-refractivity contribution in [3.05, 3.63) is 47.5 Å². The number of allylic oxidation sites excluding steroid dienone is 2. The predicted molar refractivity (Wildman–Crippen MR) is 107 cm³/mol. The zero-order valence-corrected chi connectivity index (χ0v) is 16.6. The van der Waals surface area contributed by atoms with Gasteiger partial charge in [-0.2, -0.15) is 5.26 Å². The van der Waals surface area contributed by atoms with Gasteiger partial charge in [-0.15, -0.1) is 0 Å². The Bertz CT molecular complexity index is 680. The van der Waals surface area contributed by atoms with Crippen molar-refractivity contribution in [2.45, 2.75) is 76.2 Å². The first-order chi connectivity index (χ1) is 13.7. The van der Waals surface area contributed by atoms with Crippen LogP contribution in [0.3, 0.4) is 0 Å². The van der Waals surface area contributed by atoms with E-state index in [0.717, 1.165) is 50.2 Å². The molecule has 0 spiro atoms. The molecule has 4 heteroatoms. The Morgan fingerprint density at radius 1 is 0.964 bits per heavy atom. The van der Waals surface area contributed by atoms with Crippen molar-refractivity contribution in [2.24, 2.45) is 11.8 Å². The summed E-state index contributed by atoms with van der Waals surface area (Å²) in [5, 5.41) is 8.52. The first-order valence-electron chi connectivity index (χ1n) is 10.8. The maximum atomic E-state index is 13.5. The summed E-state index contributed by atoms with van der Waals surface area (Å²) in [7, 11) is 0. The molecule has 0 N–H and O–H groups in total. The largest absolute Gasteiger partial charge is 0.378 e. The van der Waals surface area contributed by atoms with Gasteiger partial charge in [-0.1, -0.05) is 25.0 Å². The van der Waals surface area contributed by atoms with E-state index >= 15 is 0 Å². The van der Waals surface area contributed by atoms with Gasteiger partial charge in [0.15, 0.2) is 11.6 Å². The molecule has 0 radical (unpaired) electrons. The molecule has 0 atom stereocenters. The summed E-state index contributed by atoms with van der Waals surface area (Å²) >= 11 is 0. The lowest BCUT2D eigenvalue weighted by Crippen LogP contribution is -2.25. The quantitative estimate of drug-likeness (QED) is 0.489. The smallest absolute Gasteiger partial charge is 0.159 e. The van der Waals surface area contributed by atoms with Crippen molar-refractivity contribution >= 4 is 0 Å². The highest BCUT2D eigenvalue weighted by atomic mass is 19.2. The van der Waals surface area contributed by atoms with Crippen LogP contribution in [-0.2, 0) is 4.74 Å². The van der Waals surface area contributed by atoms with Gasteiger partial charge in [0.25, 0.3) is 0 Å². The molecule has 2 nitrogen and oxygen atoms in total. The molecule has 152 valence electrons. The molecular formula is C24H31F2NO. The first-order valence-corrected chi connectivity index (χ1v) is 10.8. The number of ether oxygens (including phenoxy) is 1. The van der Waals surface area contributed by atoms with Crippen molar-refractivity contribution in [3.63, 3.8) is 0 Å². The van der Waals surface area contributed by atoms with E-state index in [1.54, 1.807) is 12.1 Å². The zero-order valence-electron chi connectivity index (χ0n) is 16.6. The third-order valence-corrected chi connectivity index (χ3v) is 6.56. The van der Waals surface area contributed by atoms with Gasteiger partial charge in [-0.25, -0.2) is 8.78 Å². The van der Waals surface area contributed by atoms with Gasteiger partial charge in [0.2, 0.25) is 0 Å². The van der Waals surface area contributed by atoms with Gasteiger partial charge in [0, 0.05) is 12.7 Å². The molecular weight excluding hydrogens is 356 g/mol. The van der Waals surface area contributed by atoms with Crippen molar-refractivity contribution in [3.8, 4) is 6.07 Å². The molecule has 1 aromatic carbocycles. The Kier molecular flexibility index (Phi) is 8.03. The molecule has 2 aliphatic carbocycles. The molecule has 0 amide bonds. The Morgan fingerprint density at radius 2 is 1.68 bits per heavy atom. The highest BCUT2D eigenvalue weighted by molar-refractivity contribution is 5.22. The summed E-state index contributed by atoms with van der Waals surface area (Å²) in [6.07, 6.45) is 15.1. The van der Waals surface area contributed by atoms with Crippen LogP contribution in [0, 0.1) is 34.8 Å². The van der Waals surface area contributed by atoms with Gasteiger partial charge in [0.1, 0.15) is 0 Å². The summed E-state index contributed by atoms with van der Waals surface area (Å²) in [5.41, 5.74) is 0.917. The van der Waals surface area contributed by atoms with Crippen LogP contribution in [0.15, 0.2) is 30.4 Å². The summed E-state index contributed by atoms with van der Waals surface area (Å²) in [6.45, 7) is 0.863. The topological polar surface area (TPSA) is 33.0 Å². The van der Waals surface area contributed by atoms with Gasteiger partial charge < -0.3 is 4.74 Å². The van der Waals surface area contributed by atoms with Crippen LogP contribution < -0.4 is 0 Å². The van der Waals surface area contributed by atoms with Crippen LogP contribution in [-0.4, -0.2) is 12.7 Å². The average molecular weight is 388 g/mol. The molecule has 0 saturated heterocycles. The Balaban J connectivity index is 1.32. The minimum atomic E-state index is -0.769. The number of nitrogens with zero attached hydrogens (tertiary/aromatic N) is 1. The van der Waals surface area contributed by atoms with E-state index in [9.17, 15) is 8.78 Å². The van der Waals surface area contributed by atoms with E-state index in [4.69, 9.17) is 10.00 Å². The summed E-state index contributed by atoms with van der Waals surface area (Å²) in [6, 6.07) is 6.37. The van der Waals surface area contributed by atoms with Crippen LogP contribution in [0.5, 0.6) is 0 Å². The lowest BCUT2D eigenvalue weighted by atomic mass is 9.80. The van der Waals surface area contributed by atoms with Crippen molar-refractivity contribution < 1.29 is 13.5 Å². The number of hydrogen-bond acceptors (Lipinski definition) is 2. The molecule has 2 aliphatic rings. The number of hydrogen-bond donors (Lipinski definition) is 0. The van der Waals surface area contributed by atoms with Crippen LogP contribution in [0.25, 0.3) is 0 Å². The SMILES string of the molecule is N#CC=CCCC1CCC(COC2CCC(c3ccc(F)c(F)c3)CC2)CC1. The van der Waals surface area contributed by atoms with Crippen LogP contribution in [0.1, 0.15) is 75.7 Å². The third kappa shape index (κ3) is 6.14. The third-order valence-electron chi connectivity index (χ3n) is 6.56. The number of nitriles is 1. The van der Waals surface area contributed by atoms with E-state index in [2.05, 4.69) is 0 Å². The van der Waals surface area contributed by atoms with Crippen LogP contribution >= 0.6 is 0 Å². The molecule has 1 aromatic rings. The summed E-state index contributed by atoms with van der Waals surface area (Å²) in [4.78, 5) is 0.